The van der Waals surface area contributed by atoms with Gasteiger partial charge in [0, 0.05) is 15.7 Å². The van der Waals surface area contributed by atoms with Crippen molar-refractivity contribution in [2.45, 2.75) is 12.2 Å². The summed E-state index contributed by atoms with van der Waals surface area (Å²) in [5.41, 5.74) is 0.236. The van der Waals surface area contributed by atoms with Gasteiger partial charge < -0.3 is 10.1 Å². The Kier molecular flexibility index (Phi) is 4.55. The van der Waals surface area contributed by atoms with Gasteiger partial charge in [-0.05, 0) is 48.5 Å². The lowest BCUT2D eigenvalue weighted by Gasteiger charge is -2.27. The third-order valence-electron chi connectivity index (χ3n) is 3.51. The number of carbonyl (C=O) groups excluding carboxylic acids is 1. The summed E-state index contributed by atoms with van der Waals surface area (Å²) in [7, 11) is 0. The number of carbonyl (C=O) groups is 1. The van der Waals surface area contributed by atoms with Crippen molar-refractivity contribution in [3.8, 4) is 0 Å². The molecule has 0 radical (unpaired) electrons. The number of hydrogen-bond acceptors (Lipinski definition) is 3. The second-order valence-corrected chi connectivity index (χ2v) is 6.20. The fraction of sp³-hybridized carbons (Fsp3) is 0.118. The van der Waals surface area contributed by atoms with Gasteiger partial charge in [0.15, 0.2) is 0 Å². The second kappa shape index (κ2) is 6.51. The Bertz CT molecular complexity index is 847. The average molecular weight is 416 g/mol. The van der Waals surface area contributed by atoms with Crippen LogP contribution in [0.2, 0.25) is 0 Å². The highest BCUT2D eigenvalue weighted by Gasteiger charge is 2.41. The van der Waals surface area contributed by atoms with Crippen molar-refractivity contribution in [1.82, 2.24) is 0 Å². The van der Waals surface area contributed by atoms with Crippen LogP contribution in [-0.4, -0.2) is 18.2 Å². The molecule has 8 heteroatoms. The van der Waals surface area contributed by atoms with Gasteiger partial charge in [-0.1, -0.05) is 15.9 Å². The van der Waals surface area contributed by atoms with Gasteiger partial charge in [0.1, 0.15) is 17.6 Å². The number of anilines is 1. The van der Waals surface area contributed by atoms with Crippen LogP contribution in [0.5, 0.6) is 0 Å². The fourth-order valence-corrected chi connectivity index (χ4v) is 2.57. The summed E-state index contributed by atoms with van der Waals surface area (Å²) >= 11 is 3.21. The molecule has 0 spiro atoms. The Morgan fingerprint density at radius 3 is 2.44 bits per heavy atom. The lowest BCUT2D eigenvalue weighted by Crippen LogP contribution is -2.37. The Hall–Kier alpha value is -2.35. The van der Waals surface area contributed by atoms with E-state index in [0.717, 1.165) is 22.7 Å². The number of ether oxygens (including phenoxy) is 1. The largest absolute Gasteiger partial charge is 0.422 e. The van der Waals surface area contributed by atoms with Crippen LogP contribution in [0.4, 0.5) is 23.2 Å². The summed E-state index contributed by atoms with van der Waals surface area (Å²) < 4.78 is 58.5. The molecule has 0 bridgehead atoms. The molecule has 25 heavy (non-hydrogen) atoms. The Labute approximate surface area is 148 Å². The average Bonchev–Trinajstić information content (AvgIpc) is 2.54. The molecule has 2 aromatic carbocycles. The first kappa shape index (κ1) is 17.5. The Balaban J connectivity index is 1.96. The molecule has 0 aliphatic carbocycles. The van der Waals surface area contributed by atoms with Crippen molar-refractivity contribution in [2.75, 3.05) is 5.32 Å². The van der Waals surface area contributed by atoms with Gasteiger partial charge >= 0.3 is 12.1 Å². The third-order valence-corrected chi connectivity index (χ3v) is 4.04. The first-order valence-electron chi connectivity index (χ1n) is 7.07. The smallest absolute Gasteiger partial charge is 0.412 e. The molecule has 1 heterocycles. The standard InChI is InChI=1S/C17H10BrF4NO2/c18-10-3-1-9(2-4-10)16(24)25-14-8-15(17(20,21)22)23-13-6-5-11(19)7-12(13)14/h1-8,15,23H. The predicted octanol–water partition coefficient (Wildman–Crippen LogP) is 5.14. The highest BCUT2D eigenvalue weighted by Crippen LogP contribution is 2.36. The minimum atomic E-state index is -4.60. The number of hydrogen-bond donors (Lipinski definition) is 1. The summed E-state index contributed by atoms with van der Waals surface area (Å²) in [6, 6.07) is 7.28. The van der Waals surface area contributed by atoms with Gasteiger partial charge in [0.05, 0.1) is 5.56 Å². The first-order valence-corrected chi connectivity index (χ1v) is 7.86. The minimum absolute atomic E-state index is 0.0323. The first-order chi connectivity index (χ1) is 11.7. The van der Waals surface area contributed by atoms with Gasteiger partial charge in [-0.25, -0.2) is 9.18 Å². The zero-order chi connectivity index (χ0) is 18.2. The summed E-state index contributed by atoms with van der Waals surface area (Å²) in [5.74, 6) is -1.84. The van der Waals surface area contributed by atoms with Crippen molar-refractivity contribution in [3.05, 3.63) is 70.0 Å². The molecule has 1 aliphatic heterocycles. The molecule has 0 aromatic heterocycles. The van der Waals surface area contributed by atoms with E-state index in [0.29, 0.717) is 0 Å². The predicted molar refractivity (Wildman–Crippen MR) is 87.4 cm³/mol. The maximum absolute atomic E-state index is 13.5. The molecule has 3 nitrogen and oxygen atoms in total. The zero-order valence-corrected chi connectivity index (χ0v) is 14.0. The number of benzene rings is 2. The van der Waals surface area contributed by atoms with Crippen molar-refractivity contribution in [3.63, 3.8) is 0 Å². The Morgan fingerprint density at radius 1 is 1.12 bits per heavy atom. The van der Waals surface area contributed by atoms with E-state index < -0.39 is 24.0 Å². The van der Waals surface area contributed by atoms with Crippen LogP contribution in [-0.2, 0) is 4.74 Å². The lowest BCUT2D eigenvalue weighted by molar-refractivity contribution is -0.132. The lowest BCUT2D eigenvalue weighted by atomic mass is 10.0. The van der Waals surface area contributed by atoms with E-state index in [4.69, 9.17) is 4.74 Å². The number of rotatable bonds is 2. The molecule has 130 valence electrons. The van der Waals surface area contributed by atoms with E-state index in [-0.39, 0.29) is 22.6 Å². The molecule has 1 aliphatic rings. The van der Waals surface area contributed by atoms with Crippen LogP contribution < -0.4 is 5.32 Å². The zero-order valence-electron chi connectivity index (χ0n) is 12.4. The number of esters is 1. The molecule has 0 saturated heterocycles. The monoisotopic (exact) mass is 415 g/mol. The maximum Gasteiger partial charge on any atom is 0.412 e. The van der Waals surface area contributed by atoms with E-state index in [1.54, 1.807) is 12.1 Å². The van der Waals surface area contributed by atoms with Crippen LogP contribution in [0, 0.1) is 5.82 Å². The molecule has 0 fully saturated rings. The minimum Gasteiger partial charge on any atom is -0.422 e. The fourth-order valence-electron chi connectivity index (χ4n) is 2.31. The van der Waals surface area contributed by atoms with E-state index in [1.165, 1.54) is 18.2 Å². The number of nitrogens with one attached hydrogen (secondary N) is 1. The molecule has 1 atom stereocenters. The van der Waals surface area contributed by atoms with Crippen molar-refractivity contribution < 1.29 is 27.1 Å². The summed E-state index contributed by atoms with van der Waals surface area (Å²) in [6.45, 7) is 0. The molecule has 3 rings (SSSR count). The Morgan fingerprint density at radius 2 is 1.80 bits per heavy atom. The third kappa shape index (κ3) is 3.84. The number of halogens is 5. The molecule has 1 unspecified atom stereocenters. The van der Waals surface area contributed by atoms with Gasteiger partial charge in [0.2, 0.25) is 0 Å². The van der Waals surface area contributed by atoms with Crippen LogP contribution in [0.15, 0.2) is 53.0 Å². The van der Waals surface area contributed by atoms with Crippen molar-refractivity contribution >= 4 is 33.3 Å². The van der Waals surface area contributed by atoms with Gasteiger partial charge in [0.25, 0.3) is 0 Å². The van der Waals surface area contributed by atoms with Crippen LogP contribution in [0.3, 0.4) is 0 Å². The molecule has 1 N–H and O–H groups in total. The molecule has 0 amide bonds. The van der Waals surface area contributed by atoms with Crippen LogP contribution in [0.1, 0.15) is 15.9 Å². The maximum atomic E-state index is 13.5. The molecule has 2 aromatic rings. The molecule has 0 saturated carbocycles. The highest BCUT2D eigenvalue weighted by molar-refractivity contribution is 9.10. The van der Waals surface area contributed by atoms with E-state index in [2.05, 4.69) is 21.2 Å². The van der Waals surface area contributed by atoms with Crippen LogP contribution in [0.25, 0.3) is 5.76 Å². The number of alkyl halides is 3. The van der Waals surface area contributed by atoms with Crippen molar-refractivity contribution in [2.24, 2.45) is 0 Å². The molecular weight excluding hydrogens is 406 g/mol. The molecular formula is C17H10BrF4NO2. The van der Waals surface area contributed by atoms with Crippen LogP contribution >= 0.6 is 15.9 Å². The topological polar surface area (TPSA) is 38.3 Å². The second-order valence-electron chi connectivity index (χ2n) is 5.28. The summed E-state index contributed by atoms with van der Waals surface area (Å²) in [6.07, 6.45) is -3.88. The highest BCUT2D eigenvalue weighted by atomic mass is 79.9. The summed E-state index contributed by atoms with van der Waals surface area (Å²) in [4.78, 5) is 12.2. The van der Waals surface area contributed by atoms with Gasteiger partial charge in [-0.3, -0.25) is 0 Å². The number of fused-ring (bicyclic) bond motifs is 1. The summed E-state index contributed by atoms with van der Waals surface area (Å²) in [5, 5.41) is 2.25. The SMILES string of the molecule is O=C(OC1=CC(C(F)(F)F)Nc2ccc(F)cc21)c1ccc(Br)cc1. The van der Waals surface area contributed by atoms with E-state index >= 15 is 0 Å². The quantitative estimate of drug-likeness (QED) is 0.544. The van der Waals surface area contributed by atoms with E-state index in [9.17, 15) is 22.4 Å². The van der Waals surface area contributed by atoms with Gasteiger partial charge in [-0.15, -0.1) is 0 Å². The van der Waals surface area contributed by atoms with Gasteiger partial charge in [-0.2, -0.15) is 13.2 Å². The van der Waals surface area contributed by atoms with E-state index in [1.807, 2.05) is 0 Å². The van der Waals surface area contributed by atoms with Crippen molar-refractivity contribution in [1.29, 1.82) is 0 Å². The normalized spacial score (nSPS) is 16.5.